The van der Waals surface area contributed by atoms with E-state index >= 15 is 4.39 Å². The number of sulfonamides is 1. The minimum Gasteiger partial charge on any atom is -0.489 e. The summed E-state index contributed by atoms with van der Waals surface area (Å²) < 4.78 is 57.5. The van der Waals surface area contributed by atoms with Gasteiger partial charge in [0.05, 0.1) is 27.0 Å². The number of nitrogens with zero attached hydrogens (tertiary/aromatic N) is 4. The van der Waals surface area contributed by atoms with Crippen LogP contribution in [0.15, 0.2) is 77.8 Å². The number of benzene rings is 3. The van der Waals surface area contributed by atoms with Gasteiger partial charge < -0.3 is 29.8 Å². The topological polar surface area (TPSA) is 192 Å². The average Bonchev–Trinajstić information content (AvgIpc) is 3.97. The fourth-order valence-electron chi connectivity index (χ4n) is 11.5. The van der Waals surface area contributed by atoms with Gasteiger partial charge >= 0.3 is 0 Å². The van der Waals surface area contributed by atoms with Crippen molar-refractivity contribution in [2.75, 3.05) is 36.5 Å². The molecule has 5 aromatic rings. The summed E-state index contributed by atoms with van der Waals surface area (Å²) in [6, 6.07) is 19.6. The lowest BCUT2D eigenvalue weighted by atomic mass is 9.59. The number of piperidine rings is 1. The summed E-state index contributed by atoms with van der Waals surface area (Å²) in [4.78, 5) is 37.1. The molecule has 5 heterocycles. The minimum absolute atomic E-state index is 0.0361. The van der Waals surface area contributed by atoms with E-state index in [4.69, 9.17) is 9.47 Å². The Morgan fingerprint density at radius 2 is 1.78 bits per heavy atom. The number of anilines is 2. The number of rotatable bonds is 11. The molecule has 3 aliphatic heterocycles. The fraction of sp³-hybridized carbons (Fsp3) is 0.480. The number of nitro groups is 1. The Balaban J connectivity index is 0.866. The predicted octanol–water partition coefficient (Wildman–Crippen LogP) is 9.34. The fourth-order valence-corrected chi connectivity index (χ4v) is 12.5. The molecule has 17 heteroatoms. The second-order valence-electron chi connectivity index (χ2n) is 20.1. The maximum atomic E-state index is 15.5. The van der Waals surface area contributed by atoms with E-state index in [0.29, 0.717) is 54.7 Å². The van der Waals surface area contributed by atoms with Crippen molar-refractivity contribution in [1.29, 1.82) is 0 Å². The number of aromatic nitrogens is 2. The van der Waals surface area contributed by atoms with Crippen molar-refractivity contribution in [2.24, 2.45) is 11.3 Å². The van der Waals surface area contributed by atoms with Gasteiger partial charge in [-0.15, -0.1) is 0 Å². The van der Waals surface area contributed by atoms with Crippen LogP contribution < -0.4 is 24.4 Å². The monoisotopic (exact) mass is 935 g/mol. The number of carbonyl (C=O) groups is 1. The Hall–Kier alpha value is -5.78. The van der Waals surface area contributed by atoms with Crippen molar-refractivity contribution < 1.29 is 37.1 Å². The highest BCUT2D eigenvalue weighted by Gasteiger charge is 2.50. The number of fused-ring (bicyclic) bond motifs is 2. The number of halogens is 1. The second-order valence-corrected chi connectivity index (χ2v) is 21.8. The molecule has 2 aliphatic carbocycles. The molecule has 3 aromatic carbocycles. The number of aliphatic hydroxyl groups is 1. The van der Waals surface area contributed by atoms with Gasteiger partial charge in [-0.3, -0.25) is 19.8 Å². The van der Waals surface area contributed by atoms with Gasteiger partial charge in [-0.1, -0.05) is 38.1 Å². The quantitative estimate of drug-likeness (QED) is 0.0558. The molecular weight excluding hydrogens is 878 g/mol. The number of hydrogen-bond donors (Lipinski definition) is 4. The van der Waals surface area contributed by atoms with Gasteiger partial charge in [-0.2, -0.15) is 9.37 Å². The first-order valence-corrected chi connectivity index (χ1v) is 25.1. The van der Waals surface area contributed by atoms with Crippen LogP contribution in [0.25, 0.3) is 11.0 Å². The number of hydrogen-bond acceptors (Lipinski definition) is 12. The van der Waals surface area contributed by atoms with Gasteiger partial charge in [0.15, 0.2) is 17.2 Å². The van der Waals surface area contributed by atoms with Crippen molar-refractivity contribution in [3.8, 4) is 17.2 Å². The zero-order valence-electron chi connectivity index (χ0n) is 38.1. The molecule has 4 N–H and O–H groups in total. The number of likely N-dealkylation sites (tertiary alicyclic amines) is 1. The number of nitrogens with one attached hydrogen (secondary N) is 3. The van der Waals surface area contributed by atoms with E-state index in [0.717, 1.165) is 63.1 Å². The molecule has 4 fully saturated rings. The number of H-pyrrole nitrogens is 1. The highest BCUT2D eigenvalue weighted by atomic mass is 32.2. The molecule has 0 radical (unpaired) electrons. The van der Waals surface area contributed by atoms with Crippen molar-refractivity contribution in [3.63, 3.8) is 0 Å². The van der Waals surface area contributed by atoms with Gasteiger partial charge in [0.25, 0.3) is 27.6 Å². The summed E-state index contributed by atoms with van der Waals surface area (Å²) in [6.07, 6.45) is 10.8. The van der Waals surface area contributed by atoms with Gasteiger partial charge in [0.1, 0.15) is 18.0 Å². The van der Waals surface area contributed by atoms with Crippen LogP contribution in [0.2, 0.25) is 0 Å². The van der Waals surface area contributed by atoms with E-state index in [1.54, 1.807) is 31.3 Å². The van der Waals surface area contributed by atoms with Crippen LogP contribution in [-0.2, 0) is 10.0 Å². The number of amides is 1. The van der Waals surface area contributed by atoms with E-state index in [-0.39, 0.29) is 52.5 Å². The molecule has 0 unspecified atom stereocenters. The van der Waals surface area contributed by atoms with Crippen molar-refractivity contribution in [3.05, 3.63) is 106 Å². The molecular formula is C50H58FN7O8S. The average molecular weight is 936 g/mol. The zero-order valence-corrected chi connectivity index (χ0v) is 38.9. The third kappa shape index (κ3) is 8.81. The summed E-state index contributed by atoms with van der Waals surface area (Å²) in [7, 11) is -4.74. The Bertz CT molecular complexity index is 2830. The molecule has 2 aromatic heterocycles. The van der Waals surface area contributed by atoms with E-state index in [9.17, 15) is 28.4 Å². The third-order valence-electron chi connectivity index (χ3n) is 15.4. The Morgan fingerprint density at radius 3 is 2.52 bits per heavy atom. The standard InChI is InChI=1S/C50H58FN7O8S/c1-30(2)36-7-4-5-8-37(36)40-9-6-20-57(40)34-27-50(28-34)17-21-56(22-18-50)33-10-11-38(42(24-33)66-44-23-32-14-19-52-47(32)54-46(44)51)48(59)55-67(63,64)35-25-41(58(61)62)45-43(26-35)65-29-39(53-45)31-12-15-49(3,60)16-13-31/h4-5,7-8,10-11,14,19,23-26,30-31,34,39-40,53,60H,6,9,12-13,15-18,20-22,27-29H2,1-3H3,(H,52,54)(H,55,59)/t31-,39-,40-,49-/m1/s1. The van der Waals surface area contributed by atoms with Gasteiger partial charge in [-0.25, -0.2) is 13.1 Å². The van der Waals surface area contributed by atoms with Crippen molar-refractivity contribution in [2.45, 2.75) is 120 Å². The maximum Gasteiger partial charge on any atom is 0.297 e. The van der Waals surface area contributed by atoms with Gasteiger partial charge in [0, 0.05) is 60.6 Å². The summed E-state index contributed by atoms with van der Waals surface area (Å²) in [5.74, 6) is -1.85. The third-order valence-corrected chi connectivity index (χ3v) is 16.7. The van der Waals surface area contributed by atoms with Crippen LogP contribution in [0.1, 0.15) is 118 Å². The Kier molecular flexibility index (Phi) is 11.7. The lowest BCUT2D eigenvalue weighted by Gasteiger charge is -2.56. The number of carbonyl (C=O) groups excluding carboxylic acids is 1. The summed E-state index contributed by atoms with van der Waals surface area (Å²) >= 11 is 0. The van der Waals surface area contributed by atoms with Crippen LogP contribution >= 0.6 is 0 Å². The molecule has 2 atom stereocenters. The molecule has 1 spiro atoms. The first kappa shape index (κ1) is 45.0. The lowest BCUT2D eigenvalue weighted by molar-refractivity contribution is -0.384. The zero-order chi connectivity index (χ0) is 46.8. The summed E-state index contributed by atoms with van der Waals surface area (Å²) in [5, 5.41) is 26.6. The molecule has 5 aliphatic rings. The first-order valence-electron chi connectivity index (χ1n) is 23.6. The van der Waals surface area contributed by atoms with Gasteiger partial charge in [-0.05, 0) is 130 Å². The SMILES string of the molecule is CC(C)c1ccccc1[C@H]1CCCN1C1CC2(CCN(c3ccc(C(=O)NS(=O)(=O)c4cc5c(c([N+](=O)[O-])c4)N[C@@H]([C@H]4CC[C@](C)(O)CC4)CO5)c(Oc4cc5cc[nH]c5nc4F)c3)CC2)C1. The largest absolute Gasteiger partial charge is 0.489 e. The van der Waals surface area contributed by atoms with Crippen molar-refractivity contribution in [1.82, 2.24) is 19.6 Å². The van der Waals surface area contributed by atoms with E-state index in [1.165, 1.54) is 36.1 Å². The second kappa shape index (κ2) is 17.4. The Morgan fingerprint density at radius 1 is 1.01 bits per heavy atom. The summed E-state index contributed by atoms with van der Waals surface area (Å²) in [6.45, 7) is 9.10. The van der Waals surface area contributed by atoms with Crippen molar-refractivity contribution >= 4 is 44.0 Å². The van der Waals surface area contributed by atoms with Crippen LogP contribution in [-0.4, -0.2) is 83.1 Å². The smallest absolute Gasteiger partial charge is 0.297 e. The molecule has 67 heavy (non-hydrogen) atoms. The van der Waals surface area contributed by atoms with Crippen LogP contribution in [0.3, 0.4) is 0 Å². The number of pyridine rings is 1. The maximum absolute atomic E-state index is 15.5. The number of aromatic amines is 1. The highest BCUT2D eigenvalue weighted by molar-refractivity contribution is 7.90. The minimum atomic E-state index is -4.74. The summed E-state index contributed by atoms with van der Waals surface area (Å²) in [5.41, 5.74) is 2.75. The molecule has 0 bridgehead atoms. The normalized spacial score (nSPS) is 24.2. The molecule has 10 rings (SSSR count). The number of ether oxygens (including phenoxy) is 2. The predicted molar refractivity (Wildman–Crippen MR) is 252 cm³/mol. The molecule has 1 amide bonds. The molecule has 2 saturated carbocycles. The van der Waals surface area contributed by atoms with E-state index in [1.807, 2.05) is 0 Å². The Labute approximate surface area is 389 Å². The van der Waals surface area contributed by atoms with Gasteiger partial charge in [0.2, 0.25) is 0 Å². The van der Waals surface area contributed by atoms with E-state index in [2.05, 4.69) is 67.9 Å². The van der Waals surface area contributed by atoms with Crippen LogP contribution in [0, 0.1) is 27.4 Å². The number of nitro benzene ring substituents is 1. The highest BCUT2D eigenvalue weighted by Crippen LogP contribution is 2.54. The van der Waals surface area contributed by atoms with Crippen LogP contribution in [0.5, 0.6) is 17.2 Å². The van der Waals surface area contributed by atoms with E-state index < -0.39 is 43.0 Å². The molecule has 15 nitrogen and oxygen atoms in total. The lowest BCUT2D eigenvalue weighted by Crippen LogP contribution is -2.54. The molecule has 354 valence electrons. The first-order chi connectivity index (χ1) is 32.1. The molecule has 2 saturated heterocycles. The van der Waals surface area contributed by atoms with Crippen LogP contribution in [0.4, 0.5) is 21.5 Å².